The maximum Gasteiger partial charge on any atom is 0.150 e. The van der Waals surface area contributed by atoms with Gasteiger partial charge in [-0.15, -0.1) is 0 Å². The van der Waals surface area contributed by atoms with Crippen LogP contribution in [0.15, 0.2) is 43.0 Å². The van der Waals surface area contributed by atoms with Crippen LogP contribution < -0.4 is 5.32 Å². The predicted octanol–water partition coefficient (Wildman–Crippen LogP) is 3.04. The lowest BCUT2D eigenvalue weighted by Gasteiger charge is -2.32. The minimum Gasteiger partial charge on any atom is -0.337 e. The van der Waals surface area contributed by atoms with E-state index >= 15 is 0 Å². The van der Waals surface area contributed by atoms with E-state index in [2.05, 4.69) is 34.7 Å². The highest BCUT2D eigenvalue weighted by molar-refractivity contribution is 5.50. The SMILES string of the molecule is Cc1cccc(Nc2cnc([C@@H]3CCCN(Cc4nccn4C)C3)cn2)n1. The van der Waals surface area contributed by atoms with Gasteiger partial charge >= 0.3 is 0 Å². The highest BCUT2D eigenvalue weighted by atomic mass is 15.2. The van der Waals surface area contributed by atoms with E-state index in [9.17, 15) is 0 Å². The molecule has 1 saturated heterocycles. The molecular weight excluding hydrogens is 338 g/mol. The Hall–Kier alpha value is -2.80. The topological polar surface area (TPSA) is 71.8 Å². The van der Waals surface area contributed by atoms with Crippen molar-refractivity contribution in [2.75, 3.05) is 18.4 Å². The van der Waals surface area contributed by atoms with Gasteiger partial charge in [-0.1, -0.05) is 6.07 Å². The smallest absolute Gasteiger partial charge is 0.150 e. The molecule has 3 aromatic rings. The molecule has 0 aliphatic carbocycles. The first-order valence-electron chi connectivity index (χ1n) is 9.38. The summed E-state index contributed by atoms with van der Waals surface area (Å²) in [6.45, 7) is 4.95. The molecule has 1 aliphatic heterocycles. The quantitative estimate of drug-likeness (QED) is 0.751. The maximum absolute atomic E-state index is 4.67. The van der Waals surface area contributed by atoms with E-state index in [0.29, 0.717) is 5.92 Å². The fraction of sp³-hybridized carbons (Fsp3) is 0.400. The van der Waals surface area contributed by atoms with Crippen molar-refractivity contribution in [2.45, 2.75) is 32.2 Å². The zero-order valence-electron chi connectivity index (χ0n) is 15.8. The number of nitrogens with one attached hydrogen (secondary N) is 1. The number of piperidine rings is 1. The molecule has 4 rings (SSSR count). The number of rotatable bonds is 5. The summed E-state index contributed by atoms with van der Waals surface area (Å²) in [6, 6.07) is 5.88. The molecule has 1 atom stereocenters. The van der Waals surface area contributed by atoms with Gasteiger partial charge < -0.3 is 9.88 Å². The van der Waals surface area contributed by atoms with Crippen LogP contribution in [-0.2, 0) is 13.6 Å². The number of aryl methyl sites for hydroxylation is 2. The third-order valence-corrected chi connectivity index (χ3v) is 5.03. The normalized spacial score (nSPS) is 17.8. The van der Waals surface area contributed by atoms with Crippen LogP contribution in [0.2, 0.25) is 0 Å². The molecule has 0 saturated carbocycles. The van der Waals surface area contributed by atoms with Crippen LogP contribution in [-0.4, -0.2) is 42.5 Å². The summed E-state index contributed by atoms with van der Waals surface area (Å²) < 4.78 is 2.09. The standard InChI is InChI=1S/C20H25N7/c1-15-5-3-7-18(24-15)25-19-12-22-17(11-23-19)16-6-4-9-27(13-16)14-20-21-8-10-26(20)2/h3,5,7-8,10-12,16H,4,6,9,13-14H2,1-2H3,(H,23,24,25)/t16-/m1/s1. The van der Waals surface area contributed by atoms with Gasteiger partial charge in [0.1, 0.15) is 17.5 Å². The van der Waals surface area contributed by atoms with Gasteiger partial charge in [0, 0.05) is 37.6 Å². The Morgan fingerprint density at radius 3 is 2.81 bits per heavy atom. The van der Waals surface area contributed by atoms with Crippen molar-refractivity contribution in [3.8, 4) is 0 Å². The number of aromatic nitrogens is 5. The van der Waals surface area contributed by atoms with Crippen LogP contribution in [0.25, 0.3) is 0 Å². The molecule has 1 aliphatic rings. The van der Waals surface area contributed by atoms with E-state index in [4.69, 9.17) is 0 Å². The number of hydrogen-bond donors (Lipinski definition) is 1. The molecule has 3 aromatic heterocycles. The summed E-state index contributed by atoms with van der Waals surface area (Å²) in [7, 11) is 2.05. The van der Waals surface area contributed by atoms with E-state index in [1.807, 2.05) is 50.8 Å². The molecule has 0 spiro atoms. The number of likely N-dealkylation sites (tertiary alicyclic amines) is 1. The second-order valence-electron chi connectivity index (χ2n) is 7.14. The number of imidazole rings is 1. The summed E-state index contributed by atoms with van der Waals surface area (Å²) in [5, 5.41) is 3.21. The Morgan fingerprint density at radius 1 is 1.15 bits per heavy atom. The molecule has 0 unspecified atom stereocenters. The van der Waals surface area contributed by atoms with Crippen LogP contribution in [0, 0.1) is 6.92 Å². The van der Waals surface area contributed by atoms with Crippen LogP contribution in [0.1, 0.15) is 36.0 Å². The van der Waals surface area contributed by atoms with Gasteiger partial charge in [0.2, 0.25) is 0 Å². The van der Waals surface area contributed by atoms with Gasteiger partial charge in [-0.25, -0.2) is 15.0 Å². The average Bonchev–Trinajstić information content (AvgIpc) is 3.07. The molecule has 1 fully saturated rings. The maximum atomic E-state index is 4.67. The molecule has 0 aromatic carbocycles. The second-order valence-corrected chi connectivity index (χ2v) is 7.14. The zero-order chi connectivity index (χ0) is 18.6. The molecule has 0 bridgehead atoms. The van der Waals surface area contributed by atoms with Crippen molar-refractivity contribution < 1.29 is 0 Å². The van der Waals surface area contributed by atoms with Crippen LogP contribution in [0.5, 0.6) is 0 Å². The Labute approximate surface area is 159 Å². The summed E-state index contributed by atoms with van der Waals surface area (Å²) in [5.74, 6) is 3.03. The van der Waals surface area contributed by atoms with E-state index in [0.717, 1.165) is 54.9 Å². The highest BCUT2D eigenvalue weighted by Gasteiger charge is 2.23. The summed E-state index contributed by atoms with van der Waals surface area (Å²) in [5.41, 5.74) is 2.03. The van der Waals surface area contributed by atoms with Gasteiger partial charge in [0.25, 0.3) is 0 Å². The van der Waals surface area contributed by atoms with Gasteiger partial charge in [-0.2, -0.15) is 0 Å². The minimum atomic E-state index is 0.415. The first-order chi connectivity index (χ1) is 13.2. The molecule has 1 N–H and O–H groups in total. The van der Waals surface area contributed by atoms with Crippen molar-refractivity contribution in [3.05, 3.63) is 60.2 Å². The number of pyridine rings is 1. The fourth-order valence-corrected chi connectivity index (χ4v) is 3.55. The minimum absolute atomic E-state index is 0.415. The fourth-order valence-electron chi connectivity index (χ4n) is 3.55. The first kappa shape index (κ1) is 17.6. The largest absolute Gasteiger partial charge is 0.337 e. The highest BCUT2D eigenvalue weighted by Crippen LogP contribution is 2.26. The Balaban J connectivity index is 1.40. The third kappa shape index (κ3) is 4.31. The van der Waals surface area contributed by atoms with Crippen LogP contribution >= 0.6 is 0 Å². The van der Waals surface area contributed by atoms with Crippen molar-refractivity contribution in [1.82, 2.24) is 29.4 Å². The predicted molar refractivity (Wildman–Crippen MR) is 105 cm³/mol. The molecule has 4 heterocycles. The number of anilines is 2. The lowest BCUT2D eigenvalue weighted by molar-refractivity contribution is 0.192. The van der Waals surface area contributed by atoms with Gasteiger partial charge in [0.05, 0.1) is 24.6 Å². The van der Waals surface area contributed by atoms with Crippen molar-refractivity contribution in [2.24, 2.45) is 7.05 Å². The summed E-state index contributed by atoms with van der Waals surface area (Å²) >= 11 is 0. The molecule has 7 nitrogen and oxygen atoms in total. The molecule has 7 heteroatoms. The van der Waals surface area contributed by atoms with E-state index in [1.165, 1.54) is 6.42 Å². The van der Waals surface area contributed by atoms with E-state index in [-0.39, 0.29) is 0 Å². The Kier molecular flexibility index (Phi) is 5.11. The summed E-state index contributed by atoms with van der Waals surface area (Å²) in [4.78, 5) is 20.6. The third-order valence-electron chi connectivity index (χ3n) is 5.03. The lowest BCUT2D eigenvalue weighted by atomic mass is 9.95. The Morgan fingerprint density at radius 2 is 2.07 bits per heavy atom. The molecular formula is C20H25N7. The van der Waals surface area contributed by atoms with Gasteiger partial charge in [-0.05, 0) is 38.4 Å². The van der Waals surface area contributed by atoms with E-state index < -0.39 is 0 Å². The van der Waals surface area contributed by atoms with Crippen molar-refractivity contribution in [1.29, 1.82) is 0 Å². The molecule has 0 radical (unpaired) electrons. The van der Waals surface area contributed by atoms with Crippen LogP contribution in [0.3, 0.4) is 0 Å². The lowest BCUT2D eigenvalue weighted by Crippen LogP contribution is -2.35. The van der Waals surface area contributed by atoms with Crippen molar-refractivity contribution >= 4 is 11.6 Å². The average molecular weight is 363 g/mol. The summed E-state index contributed by atoms with van der Waals surface area (Å²) in [6.07, 6.45) is 9.88. The number of nitrogens with zero attached hydrogens (tertiary/aromatic N) is 6. The monoisotopic (exact) mass is 363 g/mol. The molecule has 140 valence electrons. The number of hydrogen-bond acceptors (Lipinski definition) is 6. The van der Waals surface area contributed by atoms with Gasteiger partial charge in [-0.3, -0.25) is 9.88 Å². The Bertz CT molecular complexity index is 887. The second kappa shape index (κ2) is 7.84. The molecule has 27 heavy (non-hydrogen) atoms. The zero-order valence-corrected chi connectivity index (χ0v) is 15.8. The first-order valence-corrected chi connectivity index (χ1v) is 9.38. The molecule has 0 amide bonds. The van der Waals surface area contributed by atoms with Crippen molar-refractivity contribution in [3.63, 3.8) is 0 Å². The van der Waals surface area contributed by atoms with Crippen LogP contribution in [0.4, 0.5) is 11.6 Å². The van der Waals surface area contributed by atoms with Gasteiger partial charge in [0.15, 0.2) is 0 Å². The van der Waals surface area contributed by atoms with E-state index in [1.54, 1.807) is 6.20 Å².